The Balaban J connectivity index is 2.03. The predicted molar refractivity (Wildman–Crippen MR) is 94.3 cm³/mol. The minimum atomic E-state index is -0.383. The molecule has 0 aliphatic carbocycles. The van der Waals surface area contributed by atoms with Crippen molar-refractivity contribution in [2.75, 3.05) is 7.11 Å². The largest absolute Gasteiger partial charge is 0.497 e. The first-order valence-corrected chi connectivity index (χ1v) is 7.86. The summed E-state index contributed by atoms with van der Waals surface area (Å²) in [5.41, 5.74) is 1.23. The number of nitrogens with zero attached hydrogens (tertiary/aromatic N) is 3. The summed E-state index contributed by atoms with van der Waals surface area (Å²) in [5.74, 6) is 0.798. The summed E-state index contributed by atoms with van der Waals surface area (Å²) < 4.78 is 9.81. The minimum absolute atomic E-state index is 0.352. The van der Waals surface area contributed by atoms with Gasteiger partial charge in [-0.05, 0) is 36.3 Å². The van der Waals surface area contributed by atoms with Crippen LogP contribution in [0, 0.1) is 4.77 Å². The summed E-state index contributed by atoms with van der Waals surface area (Å²) in [7, 11) is 4.71. The summed E-state index contributed by atoms with van der Waals surface area (Å²) in [6.45, 7) is 0.540. The van der Waals surface area contributed by atoms with E-state index in [-0.39, 0.29) is 11.2 Å². The van der Waals surface area contributed by atoms with Gasteiger partial charge in [0.15, 0.2) is 10.3 Å². The lowest BCUT2D eigenvalue weighted by Gasteiger charge is -2.07. The Hall–Kier alpha value is -2.61. The molecule has 2 aromatic heterocycles. The molecule has 126 valence electrons. The monoisotopic (exact) mass is 346 g/mol. The van der Waals surface area contributed by atoms with Crippen molar-refractivity contribution in [3.8, 4) is 5.75 Å². The van der Waals surface area contributed by atoms with Gasteiger partial charge in [0, 0.05) is 20.6 Å². The molecule has 8 heteroatoms. The summed E-state index contributed by atoms with van der Waals surface area (Å²) >= 11 is 5.34. The van der Waals surface area contributed by atoms with Gasteiger partial charge in [-0.3, -0.25) is 13.9 Å². The fourth-order valence-electron chi connectivity index (χ4n) is 2.73. The smallest absolute Gasteiger partial charge is 0.332 e. The number of aromatic amines is 1. The van der Waals surface area contributed by atoms with Crippen LogP contribution in [0.15, 0.2) is 33.9 Å². The van der Waals surface area contributed by atoms with Crippen molar-refractivity contribution in [1.29, 1.82) is 0 Å². The number of H-pyrrole nitrogens is 1. The van der Waals surface area contributed by atoms with Crippen LogP contribution in [0.5, 0.6) is 5.75 Å². The number of fused-ring (bicyclic) bond motifs is 1. The van der Waals surface area contributed by atoms with Gasteiger partial charge in [-0.2, -0.15) is 0 Å². The maximum Gasteiger partial charge on any atom is 0.332 e. The number of benzene rings is 1. The highest BCUT2D eigenvalue weighted by Gasteiger charge is 2.14. The topological polar surface area (TPSA) is 73.9 Å². The molecule has 3 aromatic rings. The van der Waals surface area contributed by atoms with Gasteiger partial charge in [0.25, 0.3) is 5.56 Å². The zero-order valence-electron chi connectivity index (χ0n) is 13.7. The number of hydrogen-bond donors (Lipinski definition) is 1. The van der Waals surface area contributed by atoms with Crippen LogP contribution in [0.25, 0.3) is 11.2 Å². The lowest BCUT2D eigenvalue weighted by molar-refractivity contribution is 0.414. The normalized spacial score (nSPS) is 11.1. The van der Waals surface area contributed by atoms with Gasteiger partial charge in [-0.1, -0.05) is 12.1 Å². The molecule has 0 radical (unpaired) electrons. The Labute approximate surface area is 142 Å². The van der Waals surface area contributed by atoms with Crippen molar-refractivity contribution in [3.63, 3.8) is 0 Å². The molecular formula is C16H18N4O3S. The van der Waals surface area contributed by atoms with E-state index in [1.807, 2.05) is 24.3 Å². The van der Waals surface area contributed by atoms with Crippen LogP contribution in [-0.2, 0) is 27.1 Å². The number of rotatable bonds is 4. The molecule has 7 nitrogen and oxygen atoms in total. The molecule has 0 unspecified atom stereocenters. The zero-order valence-corrected chi connectivity index (χ0v) is 14.5. The van der Waals surface area contributed by atoms with E-state index in [1.54, 1.807) is 18.7 Å². The Kier molecular flexibility index (Phi) is 4.15. The molecule has 24 heavy (non-hydrogen) atoms. The van der Waals surface area contributed by atoms with Gasteiger partial charge < -0.3 is 14.3 Å². The van der Waals surface area contributed by atoms with Gasteiger partial charge in [0.05, 0.1) is 7.11 Å². The van der Waals surface area contributed by atoms with Gasteiger partial charge in [0.1, 0.15) is 11.4 Å². The quantitative estimate of drug-likeness (QED) is 0.724. The maximum absolute atomic E-state index is 12.5. The number of nitrogens with one attached hydrogen (secondary N) is 1. The summed E-state index contributed by atoms with van der Waals surface area (Å²) in [6, 6.07) is 7.75. The third-order valence-corrected chi connectivity index (χ3v) is 4.49. The third-order valence-electron chi connectivity index (χ3n) is 4.16. The number of methoxy groups -OCH3 is 1. The summed E-state index contributed by atoms with van der Waals surface area (Å²) in [5, 5.41) is 0. The van der Waals surface area contributed by atoms with Crippen LogP contribution in [0.2, 0.25) is 0 Å². The highest BCUT2D eigenvalue weighted by molar-refractivity contribution is 7.71. The fourth-order valence-corrected chi connectivity index (χ4v) is 3.01. The van der Waals surface area contributed by atoms with Crippen molar-refractivity contribution in [3.05, 3.63) is 55.4 Å². The van der Waals surface area contributed by atoms with E-state index >= 15 is 0 Å². The van der Waals surface area contributed by atoms with Crippen LogP contribution in [-0.4, -0.2) is 25.8 Å². The Morgan fingerprint density at radius 1 is 1.12 bits per heavy atom. The van der Waals surface area contributed by atoms with E-state index in [1.165, 1.54) is 11.6 Å². The number of ether oxygens (including phenoxy) is 1. The van der Waals surface area contributed by atoms with Gasteiger partial charge in [-0.25, -0.2) is 4.79 Å². The molecule has 0 saturated carbocycles. The maximum atomic E-state index is 12.5. The van der Waals surface area contributed by atoms with Crippen molar-refractivity contribution in [2.24, 2.45) is 14.1 Å². The molecule has 1 N–H and O–H groups in total. The number of hydrogen-bond acceptors (Lipinski definition) is 4. The summed E-state index contributed by atoms with van der Waals surface area (Å²) in [6.07, 6.45) is 0.706. The predicted octanol–water partition coefficient (Wildman–Crippen LogP) is 1.35. The third kappa shape index (κ3) is 2.58. The van der Waals surface area contributed by atoms with E-state index in [0.29, 0.717) is 28.9 Å². The van der Waals surface area contributed by atoms with Crippen LogP contribution in [0.1, 0.15) is 5.56 Å². The second-order valence-electron chi connectivity index (χ2n) is 5.58. The first-order chi connectivity index (χ1) is 11.4. The van der Waals surface area contributed by atoms with Crippen LogP contribution in [0.3, 0.4) is 0 Å². The van der Waals surface area contributed by atoms with Crippen LogP contribution < -0.4 is 16.0 Å². The van der Waals surface area contributed by atoms with Crippen molar-refractivity contribution >= 4 is 23.4 Å². The number of imidazole rings is 1. The van der Waals surface area contributed by atoms with E-state index in [2.05, 4.69) is 4.98 Å². The number of aromatic nitrogens is 4. The highest BCUT2D eigenvalue weighted by atomic mass is 32.1. The molecule has 0 saturated heterocycles. The SMILES string of the molecule is COc1ccc(CCn2c(=S)[nH]c3c2c(=O)n(C)c(=O)n3C)cc1. The first kappa shape index (κ1) is 16.3. The average molecular weight is 346 g/mol. The van der Waals surface area contributed by atoms with E-state index < -0.39 is 0 Å². The first-order valence-electron chi connectivity index (χ1n) is 7.45. The molecule has 0 spiro atoms. The summed E-state index contributed by atoms with van der Waals surface area (Å²) in [4.78, 5) is 27.5. The van der Waals surface area contributed by atoms with Crippen molar-refractivity contribution < 1.29 is 4.74 Å². The zero-order chi connectivity index (χ0) is 17.4. The van der Waals surface area contributed by atoms with Crippen molar-refractivity contribution in [1.82, 2.24) is 18.7 Å². The minimum Gasteiger partial charge on any atom is -0.497 e. The van der Waals surface area contributed by atoms with Gasteiger partial charge >= 0.3 is 5.69 Å². The Morgan fingerprint density at radius 2 is 1.79 bits per heavy atom. The van der Waals surface area contributed by atoms with Crippen molar-refractivity contribution in [2.45, 2.75) is 13.0 Å². The standard InChI is InChI=1S/C16H18N4O3S/c1-18-13-12(14(21)19(2)16(18)22)20(15(24)17-13)9-8-10-4-6-11(23-3)7-5-10/h4-7H,8-9H2,1-3H3,(H,17,24). The van der Waals surface area contributed by atoms with Crippen LogP contribution in [0.4, 0.5) is 0 Å². The average Bonchev–Trinajstić information content (AvgIpc) is 2.93. The molecule has 0 aliphatic rings. The highest BCUT2D eigenvalue weighted by Crippen LogP contribution is 2.14. The Bertz CT molecular complexity index is 1070. The van der Waals surface area contributed by atoms with E-state index in [0.717, 1.165) is 15.9 Å². The second-order valence-corrected chi connectivity index (χ2v) is 5.97. The molecule has 0 fully saturated rings. The molecule has 0 bridgehead atoms. The molecule has 0 atom stereocenters. The van der Waals surface area contributed by atoms with E-state index in [9.17, 15) is 9.59 Å². The van der Waals surface area contributed by atoms with Gasteiger partial charge in [0.2, 0.25) is 0 Å². The number of aryl methyl sites for hydroxylation is 3. The van der Waals surface area contributed by atoms with Crippen LogP contribution >= 0.6 is 12.2 Å². The lowest BCUT2D eigenvalue weighted by Crippen LogP contribution is -2.37. The second kappa shape index (κ2) is 6.12. The molecule has 3 rings (SSSR count). The molecule has 1 aromatic carbocycles. The molecular weight excluding hydrogens is 328 g/mol. The van der Waals surface area contributed by atoms with Gasteiger partial charge in [-0.15, -0.1) is 0 Å². The molecule has 0 amide bonds. The lowest BCUT2D eigenvalue weighted by atomic mass is 10.1. The molecule has 0 aliphatic heterocycles. The Morgan fingerprint density at radius 3 is 2.42 bits per heavy atom. The molecule has 2 heterocycles. The van der Waals surface area contributed by atoms with E-state index in [4.69, 9.17) is 17.0 Å². The fraction of sp³-hybridized carbons (Fsp3) is 0.312.